The van der Waals surface area contributed by atoms with Crippen LogP contribution in [0.2, 0.25) is 5.02 Å². The summed E-state index contributed by atoms with van der Waals surface area (Å²) in [6, 6.07) is 14.0. The molecule has 0 fully saturated rings. The van der Waals surface area contributed by atoms with E-state index in [1.807, 2.05) is 19.1 Å². The van der Waals surface area contributed by atoms with Crippen LogP contribution in [0.25, 0.3) is 0 Å². The molecule has 0 aliphatic rings. The molecule has 0 atom stereocenters. The van der Waals surface area contributed by atoms with Gasteiger partial charge in [0.15, 0.2) is 0 Å². The molecule has 2 rings (SSSR count). The summed E-state index contributed by atoms with van der Waals surface area (Å²) in [5.41, 5.74) is 2.73. The average Bonchev–Trinajstić information content (AvgIpc) is 2.58. The molecule has 2 aromatic rings. The Bertz CT molecular complexity index is 826. The third kappa shape index (κ3) is 5.07. The number of benzene rings is 2. The number of nitrogens with zero attached hydrogens (tertiary/aromatic N) is 2. The maximum Gasteiger partial charge on any atom is 0.226 e. The fourth-order valence-corrected chi connectivity index (χ4v) is 2.51. The second-order valence-electron chi connectivity index (χ2n) is 5.59. The first-order valence-corrected chi connectivity index (χ1v) is 8.13. The molecule has 0 saturated heterocycles. The Kier molecular flexibility index (Phi) is 6.15. The van der Waals surface area contributed by atoms with Gasteiger partial charge in [0.2, 0.25) is 11.8 Å². The van der Waals surface area contributed by atoms with E-state index in [4.69, 9.17) is 16.9 Å². The third-order valence-electron chi connectivity index (χ3n) is 3.72. The molecule has 0 unspecified atom stereocenters. The molecule has 128 valence electrons. The van der Waals surface area contributed by atoms with E-state index >= 15 is 0 Å². The lowest BCUT2D eigenvalue weighted by atomic mass is 10.2. The van der Waals surface area contributed by atoms with Crippen molar-refractivity contribution in [2.24, 2.45) is 0 Å². The van der Waals surface area contributed by atoms with Crippen molar-refractivity contribution in [2.45, 2.75) is 20.3 Å². The summed E-state index contributed by atoms with van der Waals surface area (Å²) in [4.78, 5) is 25.6. The van der Waals surface area contributed by atoms with Crippen molar-refractivity contribution in [3.8, 4) is 6.07 Å². The molecule has 0 radical (unpaired) electrons. The maximum atomic E-state index is 12.2. The summed E-state index contributed by atoms with van der Waals surface area (Å²) in [5.74, 6) is -0.373. The fourth-order valence-electron chi connectivity index (χ4n) is 2.34. The lowest BCUT2D eigenvalue weighted by Gasteiger charge is -2.21. The SMILES string of the molecule is CC(=O)N(CCC(=O)Nc1cc(Cl)ccc1C)c1ccc(C#N)cc1. The van der Waals surface area contributed by atoms with Crippen molar-refractivity contribution in [1.29, 1.82) is 5.26 Å². The van der Waals surface area contributed by atoms with E-state index in [0.717, 1.165) is 5.56 Å². The number of aryl methyl sites for hydroxylation is 1. The van der Waals surface area contributed by atoms with Gasteiger partial charge in [0.05, 0.1) is 11.6 Å². The molecule has 6 heteroatoms. The Labute approximate surface area is 151 Å². The van der Waals surface area contributed by atoms with Crippen molar-refractivity contribution in [2.75, 3.05) is 16.8 Å². The van der Waals surface area contributed by atoms with Gasteiger partial charge in [0, 0.05) is 36.3 Å². The molecule has 2 amide bonds. The third-order valence-corrected chi connectivity index (χ3v) is 3.96. The minimum atomic E-state index is -0.203. The minimum absolute atomic E-state index is 0.144. The normalized spacial score (nSPS) is 10.0. The minimum Gasteiger partial charge on any atom is -0.326 e. The number of halogens is 1. The van der Waals surface area contributed by atoms with Crippen LogP contribution in [0.3, 0.4) is 0 Å². The molecular weight excluding hydrogens is 338 g/mol. The van der Waals surface area contributed by atoms with E-state index < -0.39 is 0 Å². The molecule has 25 heavy (non-hydrogen) atoms. The topological polar surface area (TPSA) is 73.2 Å². The van der Waals surface area contributed by atoms with Crippen LogP contribution in [-0.4, -0.2) is 18.4 Å². The molecule has 0 aliphatic carbocycles. The Morgan fingerprint density at radius 2 is 1.88 bits per heavy atom. The van der Waals surface area contributed by atoms with Gasteiger partial charge in [-0.2, -0.15) is 5.26 Å². The highest BCUT2D eigenvalue weighted by Gasteiger charge is 2.14. The number of carbonyl (C=O) groups excluding carboxylic acids is 2. The first kappa shape index (κ1) is 18.5. The van der Waals surface area contributed by atoms with Crippen LogP contribution in [0.4, 0.5) is 11.4 Å². The molecule has 5 nitrogen and oxygen atoms in total. The highest BCUT2D eigenvalue weighted by atomic mass is 35.5. The van der Waals surface area contributed by atoms with E-state index in [9.17, 15) is 9.59 Å². The van der Waals surface area contributed by atoms with E-state index in [1.54, 1.807) is 36.4 Å². The molecule has 0 spiro atoms. The quantitative estimate of drug-likeness (QED) is 0.883. The summed E-state index contributed by atoms with van der Waals surface area (Å²) in [7, 11) is 0. The van der Waals surface area contributed by atoms with E-state index in [0.29, 0.717) is 22.0 Å². The van der Waals surface area contributed by atoms with Gasteiger partial charge in [0.1, 0.15) is 0 Å². The zero-order valence-corrected chi connectivity index (χ0v) is 14.8. The first-order chi connectivity index (χ1) is 11.9. The zero-order chi connectivity index (χ0) is 18.4. The van der Waals surface area contributed by atoms with Gasteiger partial charge < -0.3 is 10.2 Å². The number of anilines is 2. The summed E-state index contributed by atoms with van der Waals surface area (Å²) < 4.78 is 0. The number of amides is 2. The lowest BCUT2D eigenvalue weighted by Crippen LogP contribution is -2.32. The standard InChI is InChI=1S/C19H18ClN3O2/c1-13-3-6-16(20)11-18(13)22-19(25)9-10-23(14(2)24)17-7-4-15(12-21)5-8-17/h3-8,11H,9-10H2,1-2H3,(H,22,25). The second-order valence-corrected chi connectivity index (χ2v) is 6.02. The molecule has 0 heterocycles. The summed E-state index contributed by atoms with van der Waals surface area (Å²) in [5, 5.41) is 12.2. The van der Waals surface area contributed by atoms with Gasteiger partial charge in [0.25, 0.3) is 0 Å². The van der Waals surface area contributed by atoms with Crippen LogP contribution in [0.15, 0.2) is 42.5 Å². The Balaban J connectivity index is 2.03. The molecule has 1 N–H and O–H groups in total. The molecule has 2 aromatic carbocycles. The van der Waals surface area contributed by atoms with E-state index in [-0.39, 0.29) is 24.8 Å². The van der Waals surface area contributed by atoms with Crippen LogP contribution >= 0.6 is 11.6 Å². The van der Waals surface area contributed by atoms with Crippen LogP contribution in [0, 0.1) is 18.3 Å². The fraction of sp³-hybridized carbons (Fsp3) is 0.211. The number of nitrogens with one attached hydrogen (secondary N) is 1. The number of hydrogen-bond donors (Lipinski definition) is 1. The number of nitriles is 1. The van der Waals surface area contributed by atoms with Gasteiger partial charge in [-0.05, 0) is 48.9 Å². The van der Waals surface area contributed by atoms with Gasteiger partial charge in [-0.3, -0.25) is 9.59 Å². The molecule has 0 aliphatic heterocycles. The van der Waals surface area contributed by atoms with Crippen molar-refractivity contribution >= 4 is 34.8 Å². The van der Waals surface area contributed by atoms with Gasteiger partial charge >= 0.3 is 0 Å². The van der Waals surface area contributed by atoms with Gasteiger partial charge in [-0.1, -0.05) is 17.7 Å². The first-order valence-electron chi connectivity index (χ1n) is 7.75. The number of rotatable bonds is 5. The summed E-state index contributed by atoms with van der Waals surface area (Å²) in [6.45, 7) is 3.56. The van der Waals surface area contributed by atoms with Crippen molar-refractivity contribution < 1.29 is 9.59 Å². The highest BCUT2D eigenvalue weighted by Crippen LogP contribution is 2.21. The smallest absolute Gasteiger partial charge is 0.226 e. The predicted octanol–water partition coefficient (Wildman–Crippen LogP) is 3.90. The lowest BCUT2D eigenvalue weighted by molar-refractivity contribution is -0.117. The van der Waals surface area contributed by atoms with E-state index in [1.165, 1.54) is 11.8 Å². The van der Waals surface area contributed by atoms with Crippen LogP contribution in [-0.2, 0) is 9.59 Å². The largest absolute Gasteiger partial charge is 0.326 e. The Hall–Kier alpha value is -2.84. The number of hydrogen-bond acceptors (Lipinski definition) is 3. The Morgan fingerprint density at radius 1 is 1.20 bits per heavy atom. The second kappa shape index (κ2) is 8.32. The average molecular weight is 356 g/mol. The van der Waals surface area contributed by atoms with Crippen molar-refractivity contribution in [3.63, 3.8) is 0 Å². The van der Waals surface area contributed by atoms with Crippen molar-refractivity contribution in [1.82, 2.24) is 0 Å². The molecule has 0 saturated carbocycles. The molecule has 0 bridgehead atoms. The monoisotopic (exact) mass is 355 g/mol. The molecule has 0 aromatic heterocycles. The molecular formula is C19H18ClN3O2. The predicted molar refractivity (Wildman–Crippen MR) is 98.6 cm³/mol. The maximum absolute atomic E-state index is 12.2. The Morgan fingerprint density at radius 3 is 2.48 bits per heavy atom. The van der Waals surface area contributed by atoms with Gasteiger partial charge in [-0.25, -0.2) is 0 Å². The van der Waals surface area contributed by atoms with Crippen LogP contribution in [0.1, 0.15) is 24.5 Å². The highest BCUT2D eigenvalue weighted by molar-refractivity contribution is 6.31. The van der Waals surface area contributed by atoms with Crippen molar-refractivity contribution in [3.05, 3.63) is 58.6 Å². The van der Waals surface area contributed by atoms with Crippen LogP contribution in [0.5, 0.6) is 0 Å². The van der Waals surface area contributed by atoms with E-state index in [2.05, 4.69) is 5.32 Å². The summed E-state index contributed by atoms with van der Waals surface area (Å²) in [6.07, 6.45) is 0.144. The summed E-state index contributed by atoms with van der Waals surface area (Å²) >= 11 is 5.95. The number of carbonyl (C=O) groups is 2. The zero-order valence-electron chi connectivity index (χ0n) is 14.0. The van der Waals surface area contributed by atoms with Gasteiger partial charge in [-0.15, -0.1) is 0 Å². The van der Waals surface area contributed by atoms with Crippen LogP contribution < -0.4 is 10.2 Å².